The minimum Gasteiger partial charge on any atom is -0.334 e. The van der Waals surface area contributed by atoms with Crippen LogP contribution in [0.15, 0.2) is 63.6 Å². The lowest BCUT2D eigenvalue weighted by Crippen LogP contribution is -2.03. The van der Waals surface area contributed by atoms with Crippen LogP contribution in [-0.2, 0) is 6.54 Å². The van der Waals surface area contributed by atoms with Gasteiger partial charge in [-0.15, -0.1) is 0 Å². The highest BCUT2D eigenvalue weighted by Crippen LogP contribution is 2.24. The second-order valence-corrected chi connectivity index (χ2v) is 6.92. The Morgan fingerprint density at radius 2 is 1.69 bits per heavy atom. The van der Waals surface area contributed by atoms with Crippen LogP contribution in [-0.4, -0.2) is 19.9 Å². The highest BCUT2D eigenvalue weighted by molar-refractivity contribution is 9.10. The number of aromatic nitrogens is 4. The van der Waals surface area contributed by atoms with Crippen molar-refractivity contribution in [1.82, 2.24) is 19.9 Å². The molecule has 130 valence electrons. The molecule has 4 aromatic rings. The predicted octanol–water partition coefficient (Wildman–Crippen LogP) is 5.03. The molecule has 0 bridgehead atoms. The molecule has 6 heteroatoms. The van der Waals surface area contributed by atoms with E-state index in [-0.39, 0.29) is 0 Å². The van der Waals surface area contributed by atoms with Crippen molar-refractivity contribution in [2.75, 3.05) is 0 Å². The fraction of sp³-hybridized carbons (Fsp3) is 0.150. The van der Waals surface area contributed by atoms with Crippen molar-refractivity contribution in [1.29, 1.82) is 0 Å². The summed E-state index contributed by atoms with van der Waals surface area (Å²) >= 11 is 3.57. The summed E-state index contributed by atoms with van der Waals surface area (Å²) in [7, 11) is 0. The summed E-state index contributed by atoms with van der Waals surface area (Å²) in [6, 6.07) is 17.9. The Morgan fingerprint density at radius 3 is 2.35 bits per heavy atom. The lowest BCUT2D eigenvalue weighted by molar-refractivity contribution is 0.432. The zero-order valence-electron chi connectivity index (χ0n) is 14.5. The number of aryl methyl sites for hydroxylation is 1. The molecule has 5 nitrogen and oxygen atoms in total. The van der Waals surface area contributed by atoms with Gasteiger partial charge in [-0.05, 0) is 47.5 Å². The van der Waals surface area contributed by atoms with E-state index in [4.69, 9.17) is 4.52 Å². The molecule has 0 amide bonds. The van der Waals surface area contributed by atoms with E-state index in [1.54, 1.807) is 0 Å². The van der Waals surface area contributed by atoms with E-state index in [0.717, 1.165) is 39.1 Å². The van der Waals surface area contributed by atoms with E-state index in [9.17, 15) is 0 Å². The predicted molar refractivity (Wildman–Crippen MR) is 104 cm³/mol. The van der Waals surface area contributed by atoms with Crippen molar-refractivity contribution >= 4 is 15.9 Å². The van der Waals surface area contributed by atoms with Gasteiger partial charge in [0.15, 0.2) is 0 Å². The summed E-state index contributed by atoms with van der Waals surface area (Å²) in [6.45, 7) is 4.77. The molecule has 0 spiro atoms. The van der Waals surface area contributed by atoms with Crippen LogP contribution in [0.2, 0.25) is 0 Å². The van der Waals surface area contributed by atoms with E-state index in [2.05, 4.69) is 50.2 Å². The zero-order valence-corrected chi connectivity index (χ0v) is 16.1. The average molecular weight is 409 g/mol. The first-order valence-corrected chi connectivity index (χ1v) is 9.09. The van der Waals surface area contributed by atoms with Crippen molar-refractivity contribution in [2.24, 2.45) is 0 Å². The SMILES string of the molecule is Cc1nn(Cc2ccc(-c3nc(-c4ccccc4)no3)cc2)c(C)c1Br. The topological polar surface area (TPSA) is 56.7 Å². The summed E-state index contributed by atoms with van der Waals surface area (Å²) in [5.74, 6) is 1.11. The summed E-state index contributed by atoms with van der Waals surface area (Å²) in [5.41, 5.74) is 5.12. The quantitative estimate of drug-likeness (QED) is 0.475. The van der Waals surface area contributed by atoms with Gasteiger partial charge < -0.3 is 4.52 Å². The molecule has 4 rings (SSSR count). The monoisotopic (exact) mass is 408 g/mol. The summed E-state index contributed by atoms with van der Waals surface area (Å²) < 4.78 is 8.47. The van der Waals surface area contributed by atoms with Crippen LogP contribution >= 0.6 is 15.9 Å². The Kier molecular flexibility index (Phi) is 4.42. The van der Waals surface area contributed by atoms with Gasteiger partial charge in [-0.2, -0.15) is 10.1 Å². The molecule has 0 fully saturated rings. The van der Waals surface area contributed by atoms with Gasteiger partial charge >= 0.3 is 0 Å². The fourth-order valence-electron chi connectivity index (χ4n) is 2.80. The molecule has 0 aliphatic heterocycles. The normalized spacial score (nSPS) is 11.0. The van der Waals surface area contributed by atoms with Crippen molar-refractivity contribution in [3.8, 4) is 22.8 Å². The molecule has 2 heterocycles. The first kappa shape index (κ1) is 16.7. The molecule has 2 aromatic heterocycles. The Morgan fingerprint density at radius 1 is 0.962 bits per heavy atom. The third-order valence-corrected chi connectivity index (χ3v) is 5.43. The van der Waals surface area contributed by atoms with Crippen LogP contribution in [0.25, 0.3) is 22.8 Å². The van der Waals surface area contributed by atoms with Gasteiger partial charge in [0.05, 0.1) is 22.4 Å². The van der Waals surface area contributed by atoms with Crippen molar-refractivity contribution in [2.45, 2.75) is 20.4 Å². The molecule has 0 unspecified atom stereocenters. The average Bonchev–Trinajstić information content (AvgIpc) is 3.25. The minimum absolute atomic E-state index is 0.518. The Balaban J connectivity index is 1.55. The van der Waals surface area contributed by atoms with Gasteiger partial charge in [0.1, 0.15) is 0 Å². The second-order valence-electron chi connectivity index (χ2n) is 6.13. The fourth-order valence-corrected chi connectivity index (χ4v) is 3.08. The first-order valence-electron chi connectivity index (χ1n) is 8.30. The van der Waals surface area contributed by atoms with Gasteiger partial charge in [-0.1, -0.05) is 47.6 Å². The molecule has 0 N–H and O–H groups in total. The van der Waals surface area contributed by atoms with Crippen LogP contribution in [0.1, 0.15) is 17.0 Å². The largest absolute Gasteiger partial charge is 0.334 e. The molecule has 2 aromatic carbocycles. The Bertz CT molecular complexity index is 1040. The highest BCUT2D eigenvalue weighted by atomic mass is 79.9. The molecule has 0 aliphatic carbocycles. The Hall–Kier alpha value is -2.73. The van der Waals surface area contributed by atoms with Gasteiger partial charge in [0.25, 0.3) is 5.89 Å². The Labute approximate surface area is 159 Å². The summed E-state index contributed by atoms with van der Waals surface area (Å²) in [4.78, 5) is 4.49. The van der Waals surface area contributed by atoms with E-state index in [1.165, 1.54) is 0 Å². The summed E-state index contributed by atoms with van der Waals surface area (Å²) in [6.07, 6.45) is 0. The number of nitrogens with zero attached hydrogens (tertiary/aromatic N) is 4. The number of rotatable bonds is 4. The standard InChI is InChI=1S/C20H17BrN4O/c1-13-18(21)14(2)25(23-13)12-15-8-10-17(11-9-15)20-22-19(24-26-20)16-6-4-3-5-7-16/h3-11H,12H2,1-2H3. The molecule has 0 atom stereocenters. The van der Waals surface area contributed by atoms with Gasteiger partial charge in [-0.3, -0.25) is 4.68 Å². The van der Waals surface area contributed by atoms with Crippen LogP contribution in [0.4, 0.5) is 0 Å². The van der Waals surface area contributed by atoms with Crippen LogP contribution in [0, 0.1) is 13.8 Å². The maximum atomic E-state index is 5.42. The molecule has 0 aliphatic rings. The van der Waals surface area contributed by atoms with E-state index in [1.807, 2.05) is 54.1 Å². The summed E-state index contributed by atoms with van der Waals surface area (Å²) in [5, 5.41) is 8.62. The molecule has 0 radical (unpaired) electrons. The van der Waals surface area contributed by atoms with E-state index >= 15 is 0 Å². The third kappa shape index (κ3) is 3.20. The lowest BCUT2D eigenvalue weighted by Gasteiger charge is -2.05. The lowest BCUT2D eigenvalue weighted by atomic mass is 10.1. The van der Waals surface area contributed by atoms with Crippen LogP contribution < -0.4 is 0 Å². The number of hydrogen-bond acceptors (Lipinski definition) is 4. The highest BCUT2D eigenvalue weighted by Gasteiger charge is 2.12. The van der Waals surface area contributed by atoms with Gasteiger partial charge in [0, 0.05) is 11.1 Å². The molecular formula is C20H17BrN4O. The number of halogens is 1. The van der Waals surface area contributed by atoms with Crippen LogP contribution in [0.5, 0.6) is 0 Å². The van der Waals surface area contributed by atoms with Gasteiger partial charge in [0.2, 0.25) is 5.82 Å². The van der Waals surface area contributed by atoms with Crippen molar-refractivity contribution < 1.29 is 4.52 Å². The maximum Gasteiger partial charge on any atom is 0.258 e. The van der Waals surface area contributed by atoms with Crippen LogP contribution in [0.3, 0.4) is 0 Å². The van der Waals surface area contributed by atoms with E-state index < -0.39 is 0 Å². The first-order chi connectivity index (χ1) is 12.6. The van der Waals surface area contributed by atoms with E-state index in [0.29, 0.717) is 11.7 Å². The number of benzene rings is 2. The van der Waals surface area contributed by atoms with Crippen molar-refractivity contribution in [3.05, 3.63) is 76.0 Å². The minimum atomic E-state index is 0.518. The molecular weight excluding hydrogens is 392 g/mol. The maximum absolute atomic E-state index is 5.42. The number of hydrogen-bond donors (Lipinski definition) is 0. The molecule has 0 saturated carbocycles. The molecule has 0 saturated heterocycles. The molecule has 26 heavy (non-hydrogen) atoms. The third-order valence-electron chi connectivity index (χ3n) is 4.28. The van der Waals surface area contributed by atoms with Crippen molar-refractivity contribution in [3.63, 3.8) is 0 Å². The second kappa shape index (κ2) is 6.88. The zero-order chi connectivity index (χ0) is 18.1. The van der Waals surface area contributed by atoms with Gasteiger partial charge in [-0.25, -0.2) is 0 Å². The smallest absolute Gasteiger partial charge is 0.258 e.